The first kappa shape index (κ1) is 5.65. The van der Waals surface area contributed by atoms with Crippen LogP contribution < -0.4 is 9.47 Å². The first-order chi connectivity index (χ1) is 4.88. The molecule has 0 saturated carbocycles. The Morgan fingerprint density at radius 2 is 2.60 bits per heavy atom. The minimum Gasteiger partial charge on any atom is -0.259 e. The van der Waals surface area contributed by atoms with Crippen molar-refractivity contribution in [2.45, 2.75) is 6.54 Å². The zero-order valence-corrected chi connectivity index (χ0v) is 5.99. The molecule has 1 aliphatic heterocycles. The fourth-order valence-corrected chi connectivity index (χ4v) is 1.26. The highest BCUT2D eigenvalue weighted by atomic mass is 15.3. The summed E-state index contributed by atoms with van der Waals surface area (Å²) in [5.74, 6) is 1.21. The van der Waals surface area contributed by atoms with Gasteiger partial charge in [0.25, 0.3) is 5.82 Å². The van der Waals surface area contributed by atoms with Crippen LogP contribution in [0.25, 0.3) is 0 Å². The molecule has 1 aromatic heterocycles. The highest BCUT2D eigenvalue weighted by Crippen LogP contribution is 2.07. The fraction of sp³-hybridized carbons (Fsp3) is 0.429. The molecule has 0 bridgehead atoms. The number of likely N-dealkylation sites (N-methyl/N-ethyl adjacent to an activating group) is 1. The average Bonchev–Trinajstić information content (AvgIpc) is 2.34. The van der Waals surface area contributed by atoms with Gasteiger partial charge in [-0.25, -0.2) is 4.57 Å². The van der Waals surface area contributed by atoms with Crippen LogP contribution in [0.1, 0.15) is 0 Å². The third kappa shape index (κ3) is 0.667. The second-order valence-electron chi connectivity index (χ2n) is 2.55. The Morgan fingerprint density at radius 3 is 3.40 bits per heavy atom. The third-order valence-corrected chi connectivity index (χ3v) is 1.88. The number of hydrogen-bond acceptors (Lipinski definition) is 2. The molecule has 3 heteroatoms. The number of nitrogens with zero attached hydrogens (tertiary/aromatic N) is 3. The summed E-state index contributed by atoms with van der Waals surface area (Å²) in [4.78, 5) is 6.25. The van der Waals surface area contributed by atoms with Crippen molar-refractivity contribution in [3.8, 4) is 0 Å². The zero-order valence-electron chi connectivity index (χ0n) is 5.99. The van der Waals surface area contributed by atoms with E-state index < -0.39 is 0 Å². The molecule has 2 heterocycles. The number of fused-ring (bicyclic) bond motifs is 1. The van der Waals surface area contributed by atoms with Gasteiger partial charge in [-0.1, -0.05) is 0 Å². The summed E-state index contributed by atoms with van der Waals surface area (Å²) in [7, 11) is 2.08. The molecule has 0 saturated heterocycles. The Labute approximate surface area is 59.9 Å². The lowest BCUT2D eigenvalue weighted by molar-refractivity contribution is -0.671. The van der Waals surface area contributed by atoms with E-state index in [-0.39, 0.29) is 0 Å². The largest absolute Gasteiger partial charge is 0.295 e. The van der Waals surface area contributed by atoms with E-state index in [0.29, 0.717) is 0 Å². The van der Waals surface area contributed by atoms with Gasteiger partial charge in [0.15, 0.2) is 0 Å². The quantitative estimate of drug-likeness (QED) is 0.461. The molecule has 52 valence electrons. The van der Waals surface area contributed by atoms with Gasteiger partial charge >= 0.3 is 0 Å². The SMILES string of the molecule is CN1CC[n+]2ccncc21. The molecule has 0 radical (unpaired) electrons. The maximum atomic E-state index is 4.04. The molecule has 10 heavy (non-hydrogen) atoms. The van der Waals surface area contributed by atoms with Crippen LogP contribution >= 0.6 is 0 Å². The molecule has 0 spiro atoms. The lowest BCUT2D eigenvalue weighted by atomic mass is 10.6. The van der Waals surface area contributed by atoms with Gasteiger partial charge in [-0.3, -0.25) is 9.88 Å². The van der Waals surface area contributed by atoms with Crippen LogP contribution in [0.4, 0.5) is 5.82 Å². The van der Waals surface area contributed by atoms with Crippen molar-refractivity contribution < 1.29 is 4.57 Å². The third-order valence-electron chi connectivity index (χ3n) is 1.88. The predicted octanol–water partition coefficient (Wildman–Crippen LogP) is -0.181. The monoisotopic (exact) mass is 136 g/mol. The number of rotatable bonds is 0. The van der Waals surface area contributed by atoms with Gasteiger partial charge in [-0.2, -0.15) is 0 Å². The summed E-state index contributed by atoms with van der Waals surface area (Å²) in [6.07, 6.45) is 5.73. The average molecular weight is 136 g/mol. The number of hydrogen-bond donors (Lipinski definition) is 0. The molecule has 2 rings (SSSR count). The van der Waals surface area contributed by atoms with Gasteiger partial charge < -0.3 is 0 Å². The van der Waals surface area contributed by atoms with Gasteiger partial charge in [0.05, 0.1) is 13.2 Å². The maximum Gasteiger partial charge on any atom is 0.295 e. The Bertz CT molecular complexity index is 246. The lowest BCUT2D eigenvalue weighted by Gasteiger charge is -1.98. The van der Waals surface area contributed by atoms with Crippen LogP contribution in [0.5, 0.6) is 0 Å². The van der Waals surface area contributed by atoms with Crippen molar-refractivity contribution in [1.29, 1.82) is 0 Å². The van der Waals surface area contributed by atoms with E-state index in [1.165, 1.54) is 5.82 Å². The molecule has 0 unspecified atom stereocenters. The zero-order chi connectivity index (χ0) is 6.97. The summed E-state index contributed by atoms with van der Waals surface area (Å²) in [5, 5.41) is 0. The molecule has 0 N–H and O–H groups in total. The smallest absolute Gasteiger partial charge is 0.259 e. The maximum absolute atomic E-state index is 4.04. The Kier molecular flexibility index (Phi) is 1.09. The van der Waals surface area contributed by atoms with Crippen LogP contribution in [0, 0.1) is 0 Å². The normalized spacial score (nSPS) is 15.5. The molecular weight excluding hydrogens is 126 g/mol. The standard InChI is InChI=1S/C7H10N3/c1-9-4-5-10-3-2-8-6-7(9)10/h2-3,6H,4-5H2,1H3/q+1. The minimum absolute atomic E-state index is 1.09. The van der Waals surface area contributed by atoms with Crippen LogP contribution in [0.2, 0.25) is 0 Å². The molecular formula is C7H10N3+. The van der Waals surface area contributed by atoms with E-state index in [1.807, 2.05) is 18.6 Å². The predicted molar refractivity (Wildman–Crippen MR) is 37.7 cm³/mol. The first-order valence-corrected chi connectivity index (χ1v) is 3.42. The fourth-order valence-electron chi connectivity index (χ4n) is 1.26. The molecule has 3 nitrogen and oxygen atoms in total. The summed E-state index contributed by atoms with van der Waals surface area (Å²) < 4.78 is 2.20. The van der Waals surface area contributed by atoms with Crippen molar-refractivity contribution in [3.63, 3.8) is 0 Å². The second-order valence-corrected chi connectivity index (χ2v) is 2.55. The van der Waals surface area contributed by atoms with Crippen molar-refractivity contribution in [1.82, 2.24) is 4.98 Å². The highest BCUT2D eigenvalue weighted by Gasteiger charge is 2.22. The Balaban J connectivity index is 2.51. The van der Waals surface area contributed by atoms with Gasteiger partial charge in [0.1, 0.15) is 25.5 Å². The van der Waals surface area contributed by atoms with E-state index in [4.69, 9.17) is 0 Å². The van der Waals surface area contributed by atoms with Crippen molar-refractivity contribution in [2.24, 2.45) is 0 Å². The van der Waals surface area contributed by atoms with Crippen LogP contribution in [-0.2, 0) is 6.54 Å². The second kappa shape index (κ2) is 1.94. The molecule has 0 fully saturated rings. The molecule has 0 amide bonds. The summed E-state index contributed by atoms with van der Waals surface area (Å²) in [5.41, 5.74) is 0. The van der Waals surface area contributed by atoms with E-state index in [9.17, 15) is 0 Å². The lowest BCUT2D eigenvalue weighted by Crippen LogP contribution is -2.30. The van der Waals surface area contributed by atoms with Crippen LogP contribution in [-0.4, -0.2) is 18.6 Å². The van der Waals surface area contributed by atoms with E-state index >= 15 is 0 Å². The molecule has 0 aromatic carbocycles. The summed E-state index contributed by atoms with van der Waals surface area (Å²) in [6.45, 7) is 2.19. The van der Waals surface area contributed by atoms with E-state index in [0.717, 1.165) is 13.1 Å². The Morgan fingerprint density at radius 1 is 1.70 bits per heavy atom. The van der Waals surface area contributed by atoms with E-state index in [1.54, 1.807) is 0 Å². The van der Waals surface area contributed by atoms with Gasteiger partial charge in [0, 0.05) is 0 Å². The van der Waals surface area contributed by atoms with Crippen molar-refractivity contribution in [2.75, 3.05) is 18.5 Å². The first-order valence-electron chi connectivity index (χ1n) is 3.42. The molecule has 0 atom stereocenters. The molecule has 1 aromatic rings. The van der Waals surface area contributed by atoms with Crippen LogP contribution in [0.3, 0.4) is 0 Å². The van der Waals surface area contributed by atoms with Gasteiger partial charge in [0.2, 0.25) is 0 Å². The number of aromatic nitrogens is 2. The summed E-state index contributed by atoms with van der Waals surface area (Å²) >= 11 is 0. The molecule has 0 aliphatic carbocycles. The van der Waals surface area contributed by atoms with E-state index in [2.05, 4.69) is 21.5 Å². The highest BCUT2D eigenvalue weighted by molar-refractivity contribution is 5.29. The topological polar surface area (TPSA) is 20.0 Å². The minimum atomic E-state index is 1.09. The van der Waals surface area contributed by atoms with Crippen molar-refractivity contribution >= 4 is 5.82 Å². The van der Waals surface area contributed by atoms with Crippen molar-refractivity contribution in [3.05, 3.63) is 18.6 Å². The Hall–Kier alpha value is -1.12. The number of anilines is 1. The van der Waals surface area contributed by atoms with Gasteiger partial charge in [-0.05, 0) is 0 Å². The van der Waals surface area contributed by atoms with Gasteiger partial charge in [-0.15, -0.1) is 0 Å². The molecule has 1 aliphatic rings. The van der Waals surface area contributed by atoms with Crippen LogP contribution in [0.15, 0.2) is 18.6 Å². The summed E-state index contributed by atoms with van der Waals surface area (Å²) in [6, 6.07) is 0.